The summed E-state index contributed by atoms with van der Waals surface area (Å²) in [5, 5.41) is 2.89. The van der Waals surface area contributed by atoms with Gasteiger partial charge < -0.3 is 19.9 Å². The Labute approximate surface area is 156 Å². The van der Waals surface area contributed by atoms with Crippen LogP contribution in [0.3, 0.4) is 0 Å². The number of hydrogen-bond donors (Lipinski definition) is 1. The van der Waals surface area contributed by atoms with Gasteiger partial charge in [0.15, 0.2) is 0 Å². The fourth-order valence-electron chi connectivity index (χ4n) is 2.96. The Balaban J connectivity index is 2.12. The van der Waals surface area contributed by atoms with Crippen LogP contribution in [-0.2, 0) is 5.41 Å². The van der Waals surface area contributed by atoms with Crippen LogP contribution in [0.1, 0.15) is 50.5 Å². The van der Waals surface area contributed by atoms with E-state index in [1.54, 1.807) is 16.9 Å². The third-order valence-corrected chi connectivity index (χ3v) is 4.56. The number of rotatable bonds is 3. The zero-order valence-corrected chi connectivity index (χ0v) is 16.8. The Bertz CT molecular complexity index is 657. The van der Waals surface area contributed by atoms with Crippen LogP contribution in [0.2, 0.25) is 0 Å². The van der Waals surface area contributed by atoms with E-state index in [1.807, 2.05) is 32.0 Å². The fraction of sp³-hybridized carbons (Fsp3) is 0.600. The van der Waals surface area contributed by atoms with E-state index >= 15 is 0 Å². The van der Waals surface area contributed by atoms with Crippen molar-refractivity contribution in [3.05, 3.63) is 29.3 Å². The average Bonchev–Trinajstić information content (AvgIpc) is 2.59. The number of methoxy groups -OCH3 is 1. The lowest BCUT2D eigenvalue weighted by atomic mass is 9.86. The summed E-state index contributed by atoms with van der Waals surface area (Å²) >= 11 is 0. The number of hydrogen-bond acceptors (Lipinski definition) is 3. The molecule has 144 valence electrons. The lowest BCUT2D eigenvalue weighted by molar-refractivity contribution is 0.0660. The first-order valence-corrected chi connectivity index (χ1v) is 9.16. The maximum absolute atomic E-state index is 13.0. The molecule has 0 unspecified atom stereocenters. The number of nitrogens with one attached hydrogen (secondary N) is 1. The van der Waals surface area contributed by atoms with Gasteiger partial charge >= 0.3 is 6.03 Å². The first-order chi connectivity index (χ1) is 12.1. The van der Waals surface area contributed by atoms with Crippen molar-refractivity contribution in [2.45, 2.75) is 46.1 Å². The lowest BCUT2D eigenvalue weighted by Crippen LogP contribution is -2.54. The highest BCUT2D eigenvalue weighted by atomic mass is 16.5. The van der Waals surface area contributed by atoms with Crippen LogP contribution >= 0.6 is 0 Å². The molecule has 1 N–H and O–H groups in total. The maximum atomic E-state index is 13.0. The van der Waals surface area contributed by atoms with Gasteiger partial charge in [-0.3, -0.25) is 4.79 Å². The normalized spacial score (nSPS) is 15.2. The minimum atomic E-state index is -0.0700. The molecular formula is C20H31N3O3. The van der Waals surface area contributed by atoms with Crippen molar-refractivity contribution in [2.24, 2.45) is 0 Å². The lowest BCUT2D eigenvalue weighted by Gasteiger charge is -2.35. The third kappa shape index (κ3) is 4.68. The Kier molecular flexibility index (Phi) is 6.16. The molecule has 1 aliphatic heterocycles. The second-order valence-corrected chi connectivity index (χ2v) is 8.05. The molecule has 0 aliphatic carbocycles. The molecule has 6 nitrogen and oxygen atoms in total. The molecule has 1 fully saturated rings. The zero-order valence-electron chi connectivity index (χ0n) is 16.8. The van der Waals surface area contributed by atoms with Gasteiger partial charge in [0.2, 0.25) is 0 Å². The van der Waals surface area contributed by atoms with Gasteiger partial charge in [0.1, 0.15) is 5.75 Å². The van der Waals surface area contributed by atoms with Gasteiger partial charge in [-0.05, 0) is 37.0 Å². The molecule has 0 saturated carbocycles. The Morgan fingerprint density at radius 3 is 2.15 bits per heavy atom. The maximum Gasteiger partial charge on any atom is 0.317 e. The van der Waals surface area contributed by atoms with E-state index in [4.69, 9.17) is 4.74 Å². The van der Waals surface area contributed by atoms with Gasteiger partial charge in [0.25, 0.3) is 5.91 Å². The number of benzene rings is 1. The van der Waals surface area contributed by atoms with E-state index < -0.39 is 0 Å². The summed E-state index contributed by atoms with van der Waals surface area (Å²) in [5.41, 5.74) is 1.63. The molecule has 1 heterocycles. The van der Waals surface area contributed by atoms with Crippen molar-refractivity contribution in [2.75, 3.05) is 33.3 Å². The molecule has 26 heavy (non-hydrogen) atoms. The molecule has 0 atom stereocenters. The van der Waals surface area contributed by atoms with Gasteiger partial charge in [-0.25, -0.2) is 4.79 Å². The number of carbonyl (C=O) groups excluding carboxylic acids is 2. The average molecular weight is 361 g/mol. The van der Waals surface area contributed by atoms with Gasteiger partial charge in [0.05, 0.1) is 12.7 Å². The highest BCUT2D eigenvalue weighted by Gasteiger charge is 2.27. The monoisotopic (exact) mass is 361 g/mol. The van der Waals surface area contributed by atoms with E-state index in [-0.39, 0.29) is 23.4 Å². The topological polar surface area (TPSA) is 61.9 Å². The van der Waals surface area contributed by atoms with Crippen LogP contribution in [0.5, 0.6) is 5.75 Å². The van der Waals surface area contributed by atoms with E-state index in [2.05, 4.69) is 26.1 Å². The molecule has 1 aromatic carbocycles. The van der Waals surface area contributed by atoms with Crippen LogP contribution in [0.25, 0.3) is 0 Å². The first-order valence-electron chi connectivity index (χ1n) is 9.16. The first kappa shape index (κ1) is 20.1. The Hall–Kier alpha value is -2.24. The van der Waals surface area contributed by atoms with E-state index in [0.29, 0.717) is 37.5 Å². The summed E-state index contributed by atoms with van der Waals surface area (Å²) in [6, 6.07) is 5.83. The molecule has 0 spiro atoms. The molecule has 6 heteroatoms. The third-order valence-electron chi connectivity index (χ3n) is 4.56. The smallest absolute Gasteiger partial charge is 0.317 e. The standard InChI is InChI=1S/C20H31N3O3/c1-14(2)21-19(25)23-11-9-22(10-12-23)18(24)16-13-15(20(3,4)5)7-8-17(16)26-6/h7-8,13-14H,9-12H2,1-6H3,(H,21,25). The summed E-state index contributed by atoms with van der Waals surface area (Å²) in [6.45, 7) is 12.3. The Morgan fingerprint density at radius 2 is 1.65 bits per heavy atom. The zero-order chi connectivity index (χ0) is 19.5. The van der Waals surface area contributed by atoms with Crippen molar-refractivity contribution in [1.82, 2.24) is 15.1 Å². The SMILES string of the molecule is COc1ccc(C(C)(C)C)cc1C(=O)N1CCN(C(=O)NC(C)C)CC1. The molecule has 3 amide bonds. The second kappa shape index (κ2) is 7.98. The number of piperazine rings is 1. The summed E-state index contributed by atoms with van der Waals surface area (Å²) in [7, 11) is 1.58. The number of amides is 3. The Morgan fingerprint density at radius 1 is 1.08 bits per heavy atom. The number of carbonyl (C=O) groups is 2. The van der Waals surface area contributed by atoms with E-state index in [9.17, 15) is 9.59 Å². The van der Waals surface area contributed by atoms with Crippen molar-refractivity contribution in [3.8, 4) is 5.75 Å². The summed E-state index contributed by atoms with van der Waals surface area (Å²) in [6.07, 6.45) is 0. The van der Waals surface area contributed by atoms with Crippen LogP contribution in [0.4, 0.5) is 4.79 Å². The predicted octanol–water partition coefficient (Wildman–Crippen LogP) is 2.87. The number of nitrogens with zero attached hydrogens (tertiary/aromatic N) is 2. The molecular weight excluding hydrogens is 330 g/mol. The number of urea groups is 1. The highest BCUT2D eigenvalue weighted by molar-refractivity contribution is 5.97. The molecule has 0 aromatic heterocycles. The largest absolute Gasteiger partial charge is 0.496 e. The van der Waals surface area contributed by atoms with Crippen molar-refractivity contribution >= 4 is 11.9 Å². The fourth-order valence-corrected chi connectivity index (χ4v) is 2.96. The summed E-state index contributed by atoms with van der Waals surface area (Å²) in [5.74, 6) is 0.542. The summed E-state index contributed by atoms with van der Waals surface area (Å²) < 4.78 is 5.41. The minimum absolute atomic E-state index is 0.0446. The van der Waals surface area contributed by atoms with Crippen molar-refractivity contribution in [3.63, 3.8) is 0 Å². The van der Waals surface area contributed by atoms with Crippen LogP contribution in [0, 0.1) is 0 Å². The molecule has 1 saturated heterocycles. The van der Waals surface area contributed by atoms with Crippen LogP contribution < -0.4 is 10.1 Å². The minimum Gasteiger partial charge on any atom is -0.496 e. The van der Waals surface area contributed by atoms with Gasteiger partial charge in [-0.1, -0.05) is 26.8 Å². The predicted molar refractivity (Wildman–Crippen MR) is 103 cm³/mol. The van der Waals surface area contributed by atoms with Crippen LogP contribution in [0.15, 0.2) is 18.2 Å². The highest BCUT2D eigenvalue weighted by Crippen LogP contribution is 2.29. The molecule has 0 bridgehead atoms. The van der Waals surface area contributed by atoms with Gasteiger partial charge in [-0.15, -0.1) is 0 Å². The molecule has 0 radical (unpaired) electrons. The molecule has 2 rings (SSSR count). The molecule has 1 aromatic rings. The van der Waals surface area contributed by atoms with E-state index in [1.165, 1.54) is 0 Å². The van der Waals surface area contributed by atoms with Crippen molar-refractivity contribution < 1.29 is 14.3 Å². The van der Waals surface area contributed by atoms with Gasteiger partial charge in [-0.2, -0.15) is 0 Å². The van der Waals surface area contributed by atoms with E-state index in [0.717, 1.165) is 5.56 Å². The number of ether oxygens (including phenoxy) is 1. The summed E-state index contributed by atoms with van der Waals surface area (Å²) in [4.78, 5) is 28.7. The quantitative estimate of drug-likeness (QED) is 0.900. The van der Waals surface area contributed by atoms with Crippen molar-refractivity contribution in [1.29, 1.82) is 0 Å². The van der Waals surface area contributed by atoms with Gasteiger partial charge in [0, 0.05) is 32.2 Å². The molecule has 1 aliphatic rings. The second-order valence-electron chi connectivity index (χ2n) is 8.05. The van der Waals surface area contributed by atoms with Crippen LogP contribution in [-0.4, -0.2) is 61.1 Å².